The van der Waals surface area contributed by atoms with Gasteiger partial charge in [0.2, 0.25) is 17.7 Å². The zero-order chi connectivity index (χ0) is 44.2. The van der Waals surface area contributed by atoms with E-state index in [2.05, 4.69) is 54.3 Å². The number of fused-ring (bicyclic) bond motifs is 2. The Morgan fingerprint density at radius 2 is 1.58 bits per heavy atom. The molecule has 3 fully saturated rings. The van der Waals surface area contributed by atoms with Crippen molar-refractivity contribution < 1.29 is 33.4 Å². The molecule has 1 saturated carbocycles. The van der Waals surface area contributed by atoms with Crippen LogP contribution in [0, 0.1) is 0 Å². The number of amides is 5. The van der Waals surface area contributed by atoms with Crippen molar-refractivity contribution in [2.75, 3.05) is 64.3 Å². The van der Waals surface area contributed by atoms with Crippen LogP contribution in [-0.2, 0) is 19.1 Å². The number of nitrogens with two attached hydrogens (primary N) is 1. The van der Waals surface area contributed by atoms with Gasteiger partial charge in [0, 0.05) is 80.8 Å². The van der Waals surface area contributed by atoms with Gasteiger partial charge >= 0.3 is 0 Å². The molecule has 334 valence electrons. The first-order valence-electron chi connectivity index (χ1n) is 22.2. The SMILES string of the molecule is NC1=C2C(c3ccc(Oc4ccccc4)cc3)=CN(C3CCC(N4CCN(CCOCCNC(=O)CNc5cccc6c5C(=O)N(C5CCC(=O)NC5=O)C6=O)CC4)CC3)C2N=CN1. The Hall–Kier alpha value is -6.56. The monoisotopic (exact) mass is 870 g/mol. The molecular formula is C47H54N10O7. The largest absolute Gasteiger partial charge is 0.457 e. The van der Waals surface area contributed by atoms with Crippen LogP contribution in [0.5, 0.6) is 11.5 Å². The minimum absolute atomic E-state index is 0.0364. The van der Waals surface area contributed by atoms with E-state index in [1.807, 2.05) is 42.5 Å². The van der Waals surface area contributed by atoms with E-state index in [-0.39, 0.29) is 42.6 Å². The van der Waals surface area contributed by atoms with E-state index < -0.39 is 29.7 Å². The third-order valence-corrected chi connectivity index (χ3v) is 13.0. The second-order valence-electron chi connectivity index (χ2n) is 16.9. The highest BCUT2D eigenvalue weighted by Crippen LogP contribution is 2.42. The number of para-hydroxylation sites is 1. The van der Waals surface area contributed by atoms with Crippen LogP contribution in [0.25, 0.3) is 5.57 Å². The number of imide groups is 2. The van der Waals surface area contributed by atoms with Gasteiger partial charge in [0.1, 0.15) is 23.4 Å². The van der Waals surface area contributed by atoms with Gasteiger partial charge in [-0.15, -0.1) is 0 Å². The summed E-state index contributed by atoms with van der Waals surface area (Å²) in [4.78, 5) is 76.3. The highest BCUT2D eigenvalue weighted by Gasteiger charge is 2.46. The highest BCUT2D eigenvalue weighted by atomic mass is 16.5. The number of hydrogen-bond donors (Lipinski definition) is 5. The standard InChI is InChI=1S/C47H54N10O7/c48-43-42-36(30-9-15-34(16-10-30)64-33-5-2-1-3-6-33)28-56(44(42)52-29-51-43)32-13-11-31(12-14-32)55-22-20-54(21-23-55)24-26-63-25-19-49-40(59)27-50-37-8-4-7-35-41(37)47(62)57(46(35)61)38-17-18-39(58)53-45(38)60/h1-10,15-16,28-29,31-32,38,44,50H,11-14,17-27,48H2,(H,49,59)(H,51,52)(H,53,58,60). The molecule has 3 aromatic rings. The Balaban J connectivity index is 0.671. The van der Waals surface area contributed by atoms with Gasteiger partial charge < -0.3 is 36.1 Å². The lowest BCUT2D eigenvalue weighted by Crippen LogP contribution is -2.54. The van der Waals surface area contributed by atoms with E-state index in [0.29, 0.717) is 43.4 Å². The minimum Gasteiger partial charge on any atom is -0.457 e. The summed E-state index contributed by atoms with van der Waals surface area (Å²) in [5.74, 6) is -0.421. The summed E-state index contributed by atoms with van der Waals surface area (Å²) in [6.07, 6.45) is 8.40. The van der Waals surface area contributed by atoms with Gasteiger partial charge in [-0.25, -0.2) is 4.99 Å². The molecule has 17 heteroatoms. The lowest BCUT2D eigenvalue weighted by atomic mass is 9.88. The van der Waals surface area contributed by atoms with Crippen molar-refractivity contribution in [1.82, 2.24) is 35.6 Å². The summed E-state index contributed by atoms with van der Waals surface area (Å²) in [7, 11) is 0. The molecule has 6 N–H and O–H groups in total. The normalized spacial score (nSPS) is 23.7. The molecule has 2 atom stereocenters. The molecule has 5 heterocycles. The maximum atomic E-state index is 13.3. The lowest BCUT2D eigenvalue weighted by Gasteiger charge is -2.44. The number of ether oxygens (including phenoxy) is 2. The van der Waals surface area contributed by atoms with Gasteiger partial charge in [-0.05, 0) is 74.1 Å². The average molecular weight is 871 g/mol. The zero-order valence-electron chi connectivity index (χ0n) is 35.7. The second kappa shape index (κ2) is 19.0. The van der Waals surface area contributed by atoms with Gasteiger partial charge in [-0.1, -0.05) is 36.4 Å². The van der Waals surface area contributed by atoms with Gasteiger partial charge in [0.05, 0.1) is 37.2 Å². The molecule has 2 unspecified atom stereocenters. The number of piperazine rings is 1. The third kappa shape index (κ3) is 9.09. The average Bonchev–Trinajstić information content (AvgIpc) is 3.83. The Kier molecular flexibility index (Phi) is 12.7. The van der Waals surface area contributed by atoms with Crippen LogP contribution in [0.15, 0.2) is 95.4 Å². The Labute approximate surface area is 371 Å². The molecule has 17 nitrogen and oxygen atoms in total. The van der Waals surface area contributed by atoms with Crippen LogP contribution in [-0.4, -0.2) is 139 Å². The summed E-state index contributed by atoms with van der Waals surface area (Å²) in [6, 6.07) is 22.6. The van der Waals surface area contributed by atoms with E-state index in [1.54, 1.807) is 18.5 Å². The molecule has 64 heavy (non-hydrogen) atoms. The fourth-order valence-corrected chi connectivity index (χ4v) is 9.66. The lowest BCUT2D eigenvalue weighted by molar-refractivity contribution is -0.136. The Morgan fingerprint density at radius 3 is 2.34 bits per heavy atom. The van der Waals surface area contributed by atoms with Crippen LogP contribution in [0.4, 0.5) is 5.69 Å². The molecule has 0 spiro atoms. The fraction of sp³-hybridized carbons (Fsp3) is 0.404. The predicted molar refractivity (Wildman–Crippen MR) is 239 cm³/mol. The smallest absolute Gasteiger partial charge is 0.264 e. The molecule has 5 amide bonds. The first kappa shape index (κ1) is 42.7. The van der Waals surface area contributed by atoms with Crippen molar-refractivity contribution >= 4 is 47.1 Å². The molecule has 1 aliphatic carbocycles. The maximum Gasteiger partial charge on any atom is 0.264 e. The molecule has 0 radical (unpaired) electrons. The molecule has 6 aliphatic rings. The Morgan fingerprint density at radius 1 is 0.828 bits per heavy atom. The summed E-state index contributed by atoms with van der Waals surface area (Å²) in [5, 5.41) is 11.1. The molecule has 5 aliphatic heterocycles. The van der Waals surface area contributed by atoms with Crippen molar-refractivity contribution in [3.8, 4) is 11.5 Å². The second-order valence-corrected chi connectivity index (χ2v) is 16.9. The fourth-order valence-electron chi connectivity index (χ4n) is 9.66. The van der Waals surface area contributed by atoms with Gasteiger partial charge in [-0.2, -0.15) is 0 Å². The van der Waals surface area contributed by atoms with Crippen molar-refractivity contribution in [2.45, 2.75) is 62.8 Å². The highest BCUT2D eigenvalue weighted by molar-refractivity contribution is 6.25. The molecule has 0 bridgehead atoms. The number of aliphatic imine (C=N–C) groups is 1. The Bertz CT molecular complexity index is 2350. The van der Waals surface area contributed by atoms with Crippen molar-refractivity contribution in [2.24, 2.45) is 10.7 Å². The number of rotatable bonds is 15. The van der Waals surface area contributed by atoms with Crippen LogP contribution < -0.4 is 31.7 Å². The summed E-state index contributed by atoms with van der Waals surface area (Å²) in [5.41, 5.74) is 10.3. The van der Waals surface area contributed by atoms with Crippen LogP contribution in [0.2, 0.25) is 0 Å². The third-order valence-electron chi connectivity index (χ3n) is 13.0. The molecule has 2 saturated heterocycles. The quantitative estimate of drug-likeness (QED) is 0.110. The first-order chi connectivity index (χ1) is 31.2. The summed E-state index contributed by atoms with van der Waals surface area (Å²) in [6.45, 7) is 5.96. The molecule has 9 rings (SSSR count). The number of nitrogens with one attached hydrogen (secondary N) is 4. The van der Waals surface area contributed by atoms with E-state index in [1.165, 1.54) is 6.07 Å². The number of carbonyl (C=O) groups is 5. The number of nitrogens with zero attached hydrogens (tertiary/aromatic N) is 5. The van der Waals surface area contributed by atoms with Crippen molar-refractivity contribution in [3.05, 3.63) is 107 Å². The summed E-state index contributed by atoms with van der Waals surface area (Å²) >= 11 is 0. The van der Waals surface area contributed by atoms with E-state index in [0.717, 1.165) is 91.5 Å². The van der Waals surface area contributed by atoms with Gasteiger partial charge in [0.25, 0.3) is 11.8 Å². The van der Waals surface area contributed by atoms with Gasteiger partial charge in [-0.3, -0.25) is 44.0 Å². The number of piperidine rings is 1. The first-order valence-corrected chi connectivity index (χ1v) is 22.2. The van der Waals surface area contributed by atoms with E-state index in [9.17, 15) is 24.0 Å². The minimum atomic E-state index is -1.06. The van der Waals surface area contributed by atoms with Gasteiger partial charge in [0.15, 0.2) is 6.17 Å². The van der Waals surface area contributed by atoms with Crippen molar-refractivity contribution in [1.29, 1.82) is 0 Å². The number of anilines is 1. The van der Waals surface area contributed by atoms with E-state index >= 15 is 0 Å². The topological polar surface area (TPSA) is 203 Å². The van der Waals surface area contributed by atoms with Crippen LogP contribution in [0.3, 0.4) is 0 Å². The van der Waals surface area contributed by atoms with E-state index in [4.69, 9.17) is 20.2 Å². The zero-order valence-corrected chi connectivity index (χ0v) is 35.7. The molecular weight excluding hydrogens is 817 g/mol. The summed E-state index contributed by atoms with van der Waals surface area (Å²) < 4.78 is 11.9. The molecule has 3 aromatic carbocycles. The number of carbonyl (C=O) groups excluding carboxylic acids is 5. The number of benzene rings is 3. The molecule has 0 aromatic heterocycles. The predicted octanol–water partition coefficient (Wildman–Crippen LogP) is 2.84. The van der Waals surface area contributed by atoms with Crippen molar-refractivity contribution in [3.63, 3.8) is 0 Å². The van der Waals surface area contributed by atoms with Crippen LogP contribution >= 0.6 is 0 Å². The number of hydrogen-bond acceptors (Lipinski definition) is 14. The van der Waals surface area contributed by atoms with Crippen LogP contribution in [0.1, 0.15) is 64.8 Å². The maximum absolute atomic E-state index is 13.3.